The highest BCUT2D eigenvalue weighted by molar-refractivity contribution is 6.04. The Balaban J connectivity index is 1.31. The molecule has 1 aromatic heterocycles. The predicted octanol–water partition coefficient (Wildman–Crippen LogP) is 5.00. The van der Waals surface area contributed by atoms with Crippen LogP contribution in [0.2, 0.25) is 0 Å². The molecular formula is C25H23N3O3. The van der Waals surface area contributed by atoms with E-state index < -0.39 is 0 Å². The van der Waals surface area contributed by atoms with Crippen LogP contribution in [0.3, 0.4) is 0 Å². The number of aromatic amines is 1. The van der Waals surface area contributed by atoms with Crippen molar-refractivity contribution in [2.24, 2.45) is 0 Å². The largest absolute Gasteiger partial charge is 0.497 e. The van der Waals surface area contributed by atoms with Crippen LogP contribution in [0.4, 0.5) is 11.4 Å². The Labute approximate surface area is 180 Å². The number of aryl methyl sites for hydroxylation is 1. The summed E-state index contributed by atoms with van der Waals surface area (Å²) in [6.45, 7) is 0. The maximum atomic E-state index is 12.4. The van der Waals surface area contributed by atoms with E-state index in [2.05, 4.69) is 21.7 Å². The molecule has 0 aliphatic carbocycles. The zero-order chi connectivity index (χ0) is 21.6. The summed E-state index contributed by atoms with van der Waals surface area (Å²) in [5.74, 6) is 0.436. The fourth-order valence-corrected chi connectivity index (χ4v) is 3.39. The Bertz CT molecular complexity index is 1190. The summed E-state index contributed by atoms with van der Waals surface area (Å²) in [5.41, 5.74) is 4.04. The molecule has 4 aromatic rings. The van der Waals surface area contributed by atoms with Gasteiger partial charge < -0.3 is 20.4 Å². The Morgan fingerprint density at radius 1 is 0.871 bits per heavy atom. The summed E-state index contributed by atoms with van der Waals surface area (Å²) >= 11 is 0. The number of benzene rings is 3. The second kappa shape index (κ2) is 9.17. The number of para-hydroxylation sites is 1. The number of aromatic nitrogens is 1. The third kappa shape index (κ3) is 4.93. The molecule has 0 fully saturated rings. The van der Waals surface area contributed by atoms with Crippen LogP contribution in [0.25, 0.3) is 10.9 Å². The first-order valence-corrected chi connectivity index (χ1v) is 10.0. The zero-order valence-electron chi connectivity index (χ0n) is 17.1. The molecule has 2 amide bonds. The monoisotopic (exact) mass is 413 g/mol. The number of carbonyl (C=O) groups excluding carboxylic acids is 2. The van der Waals surface area contributed by atoms with Gasteiger partial charge in [0.2, 0.25) is 5.91 Å². The molecule has 31 heavy (non-hydrogen) atoms. The fourth-order valence-electron chi connectivity index (χ4n) is 3.39. The molecule has 1 heterocycles. The number of hydrogen-bond acceptors (Lipinski definition) is 3. The number of H-pyrrole nitrogens is 1. The molecular weight excluding hydrogens is 390 g/mol. The van der Waals surface area contributed by atoms with E-state index >= 15 is 0 Å². The molecule has 6 heteroatoms. The number of carbonyl (C=O) groups is 2. The van der Waals surface area contributed by atoms with E-state index in [4.69, 9.17) is 4.74 Å². The summed E-state index contributed by atoms with van der Waals surface area (Å²) in [4.78, 5) is 28.0. The quantitative estimate of drug-likeness (QED) is 0.399. The second-order valence-corrected chi connectivity index (χ2v) is 7.17. The van der Waals surface area contributed by atoms with Crippen LogP contribution in [-0.4, -0.2) is 23.9 Å². The summed E-state index contributed by atoms with van der Waals surface area (Å²) in [7, 11) is 1.59. The number of methoxy groups -OCH3 is 1. The molecule has 3 N–H and O–H groups in total. The van der Waals surface area contributed by atoms with Crippen molar-refractivity contribution in [2.75, 3.05) is 17.7 Å². The van der Waals surface area contributed by atoms with Crippen molar-refractivity contribution in [3.8, 4) is 5.75 Å². The van der Waals surface area contributed by atoms with Crippen LogP contribution < -0.4 is 15.4 Å². The van der Waals surface area contributed by atoms with Crippen LogP contribution in [0.5, 0.6) is 5.75 Å². The van der Waals surface area contributed by atoms with Gasteiger partial charge in [0.1, 0.15) is 5.75 Å². The van der Waals surface area contributed by atoms with Gasteiger partial charge in [-0.3, -0.25) is 9.59 Å². The van der Waals surface area contributed by atoms with Crippen molar-refractivity contribution in [2.45, 2.75) is 12.8 Å². The van der Waals surface area contributed by atoms with Crippen LogP contribution >= 0.6 is 0 Å². The van der Waals surface area contributed by atoms with Crippen molar-refractivity contribution in [3.63, 3.8) is 0 Å². The van der Waals surface area contributed by atoms with Gasteiger partial charge in [0, 0.05) is 40.5 Å². The summed E-state index contributed by atoms with van der Waals surface area (Å²) in [6, 6.07) is 22.0. The number of hydrogen-bond donors (Lipinski definition) is 3. The number of anilines is 2. The van der Waals surface area contributed by atoms with Gasteiger partial charge in [0.25, 0.3) is 5.91 Å². The van der Waals surface area contributed by atoms with Gasteiger partial charge in [-0.1, -0.05) is 18.2 Å². The molecule has 4 rings (SSSR count). The van der Waals surface area contributed by atoms with Crippen LogP contribution in [-0.2, 0) is 11.2 Å². The van der Waals surface area contributed by atoms with E-state index in [-0.39, 0.29) is 11.8 Å². The molecule has 0 unspecified atom stereocenters. The lowest BCUT2D eigenvalue weighted by molar-refractivity contribution is -0.116. The summed E-state index contributed by atoms with van der Waals surface area (Å²) in [6.07, 6.45) is 2.98. The number of rotatable bonds is 7. The first kappa shape index (κ1) is 20.2. The van der Waals surface area contributed by atoms with E-state index in [1.807, 2.05) is 24.4 Å². The highest BCUT2D eigenvalue weighted by Gasteiger charge is 2.09. The topological polar surface area (TPSA) is 83.2 Å². The molecule has 6 nitrogen and oxygen atoms in total. The Morgan fingerprint density at radius 2 is 1.55 bits per heavy atom. The van der Waals surface area contributed by atoms with E-state index in [1.54, 1.807) is 55.6 Å². The number of fused-ring (bicyclic) bond motifs is 1. The first-order valence-electron chi connectivity index (χ1n) is 10.0. The van der Waals surface area contributed by atoms with Gasteiger partial charge in [0.05, 0.1) is 7.11 Å². The molecule has 0 aliphatic heterocycles. The van der Waals surface area contributed by atoms with Crippen molar-refractivity contribution in [1.82, 2.24) is 4.98 Å². The van der Waals surface area contributed by atoms with Crippen LogP contribution in [0, 0.1) is 0 Å². The van der Waals surface area contributed by atoms with E-state index in [9.17, 15) is 9.59 Å². The maximum absolute atomic E-state index is 12.4. The average Bonchev–Trinajstić information content (AvgIpc) is 3.22. The van der Waals surface area contributed by atoms with Crippen LogP contribution in [0.1, 0.15) is 22.3 Å². The summed E-state index contributed by atoms with van der Waals surface area (Å²) < 4.78 is 5.11. The molecule has 0 aliphatic rings. The molecule has 3 aromatic carbocycles. The van der Waals surface area contributed by atoms with Gasteiger partial charge in [0.15, 0.2) is 0 Å². The smallest absolute Gasteiger partial charge is 0.255 e. The predicted molar refractivity (Wildman–Crippen MR) is 123 cm³/mol. The molecule has 0 saturated heterocycles. The second-order valence-electron chi connectivity index (χ2n) is 7.17. The summed E-state index contributed by atoms with van der Waals surface area (Å²) in [5, 5.41) is 6.86. The fraction of sp³-hybridized carbons (Fsp3) is 0.120. The van der Waals surface area contributed by atoms with E-state index in [0.717, 1.165) is 22.2 Å². The lowest BCUT2D eigenvalue weighted by Gasteiger charge is -2.08. The highest BCUT2D eigenvalue weighted by Crippen LogP contribution is 2.20. The molecule has 0 atom stereocenters. The van der Waals surface area contributed by atoms with E-state index in [0.29, 0.717) is 29.8 Å². The third-order valence-electron chi connectivity index (χ3n) is 5.08. The van der Waals surface area contributed by atoms with Gasteiger partial charge in [-0.25, -0.2) is 0 Å². The van der Waals surface area contributed by atoms with Gasteiger partial charge >= 0.3 is 0 Å². The Kier molecular flexibility index (Phi) is 5.98. The SMILES string of the molecule is COc1ccc(NC(=O)c2ccc(NC(=O)CCc3c[nH]c4ccccc34)cc2)cc1. The van der Waals surface area contributed by atoms with Crippen LogP contribution in [0.15, 0.2) is 79.0 Å². The van der Waals surface area contributed by atoms with Gasteiger partial charge in [-0.05, 0) is 66.6 Å². The normalized spacial score (nSPS) is 10.6. The van der Waals surface area contributed by atoms with E-state index in [1.165, 1.54) is 0 Å². The molecule has 0 radical (unpaired) electrons. The molecule has 0 bridgehead atoms. The first-order chi connectivity index (χ1) is 15.1. The Morgan fingerprint density at radius 3 is 2.29 bits per heavy atom. The highest BCUT2D eigenvalue weighted by atomic mass is 16.5. The maximum Gasteiger partial charge on any atom is 0.255 e. The zero-order valence-corrected chi connectivity index (χ0v) is 17.1. The van der Waals surface area contributed by atoms with Crippen molar-refractivity contribution < 1.29 is 14.3 Å². The number of nitrogens with one attached hydrogen (secondary N) is 3. The lowest BCUT2D eigenvalue weighted by Crippen LogP contribution is -2.14. The van der Waals surface area contributed by atoms with Crippen molar-refractivity contribution >= 4 is 34.1 Å². The molecule has 0 spiro atoms. The minimum atomic E-state index is -0.220. The van der Waals surface area contributed by atoms with Crippen molar-refractivity contribution in [1.29, 1.82) is 0 Å². The molecule has 156 valence electrons. The molecule has 0 saturated carbocycles. The van der Waals surface area contributed by atoms with Gasteiger partial charge in [-0.15, -0.1) is 0 Å². The van der Waals surface area contributed by atoms with Gasteiger partial charge in [-0.2, -0.15) is 0 Å². The third-order valence-corrected chi connectivity index (χ3v) is 5.08. The Hall–Kier alpha value is -4.06. The average molecular weight is 413 g/mol. The van der Waals surface area contributed by atoms with Crippen molar-refractivity contribution in [3.05, 3.63) is 90.1 Å². The lowest BCUT2D eigenvalue weighted by atomic mass is 10.1. The number of ether oxygens (including phenoxy) is 1. The minimum absolute atomic E-state index is 0.0688. The standard InChI is InChI=1S/C25H23N3O3/c1-31-21-13-11-20(12-14-21)28-25(30)17-6-9-19(10-7-17)27-24(29)15-8-18-16-26-23-5-3-2-4-22(18)23/h2-7,9-14,16,26H,8,15H2,1H3,(H,27,29)(H,28,30). The number of amides is 2. The minimum Gasteiger partial charge on any atom is -0.497 e.